The van der Waals surface area contributed by atoms with E-state index in [1.165, 1.54) is 0 Å². The van der Waals surface area contributed by atoms with Crippen molar-refractivity contribution in [2.75, 3.05) is 5.73 Å². The van der Waals surface area contributed by atoms with Crippen LogP contribution in [0.25, 0.3) is 0 Å². The van der Waals surface area contributed by atoms with Gasteiger partial charge in [0.05, 0.1) is 0 Å². The van der Waals surface area contributed by atoms with E-state index in [0.717, 1.165) is 16.8 Å². The van der Waals surface area contributed by atoms with Gasteiger partial charge in [0.1, 0.15) is 5.41 Å². The van der Waals surface area contributed by atoms with E-state index in [2.05, 4.69) is 9.24 Å². The van der Waals surface area contributed by atoms with E-state index in [4.69, 9.17) is 5.73 Å². The van der Waals surface area contributed by atoms with Gasteiger partial charge in [0.15, 0.2) is 0 Å². The molecule has 0 radical (unpaired) electrons. The van der Waals surface area contributed by atoms with Gasteiger partial charge in [-0.1, -0.05) is 15.3 Å². The molecular weight excluding hydrogens is 184 g/mol. The van der Waals surface area contributed by atoms with E-state index in [-0.39, 0.29) is 0 Å². The number of aryl methyl sites for hydroxylation is 1. The molecule has 0 bridgehead atoms. The van der Waals surface area contributed by atoms with Crippen LogP contribution in [-0.4, -0.2) is 5.41 Å². The second-order valence-corrected chi connectivity index (χ2v) is 4.84. The Bertz CT molecular complexity index is 304. The first-order chi connectivity index (χ1) is 5.88. The number of alkyl halides is 1. The molecule has 1 nitrogen and oxygen atoms in total. The molecule has 1 rings (SSSR count). The monoisotopic (exact) mass is 199 g/mol. The summed E-state index contributed by atoms with van der Waals surface area (Å²) < 4.78 is 13.3. The maximum absolute atomic E-state index is 13.3. The molecule has 1 aromatic carbocycles. The van der Waals surface area contributed by atoms with Crippen molar-refractivity contribution in [2.24, 2.45) is 0 Å². The standard InChI is InChI=1S/C10H15FNP/c1-7-5-9(12)4-3-8(7)6-10(2,11)13/h3-5H,6,12-13H2,1-2H3. The van der Waals surface area contributed by atoms with Crippen LogP contribution in [0.4, 0.5) is 10.1 Å². The maximum atomic E-state index is 13.3. The molecule has 2 atom stereocenters. The summed E-state index contributed by atoms with van der Waals surface area (Å²) in [5, 5.41) is -1.24. The Morgan fingerprint density at radius 2 is 2.15 bits per heavy atom. The fraction of sp³-hybridized carbons (Fsp3) is 0.400. The van der Waals surface area contributed by atoms with Crippen LogP contribution in [0.1, 0.15) is 18.1 Å². The second kappa shape index (κ2) is 3.63. The van der Waals surface area contributed by atoms with E-state index in [1.807, 2.05) is 19.1 Å². The Morgan fingerprint density at radius 1 is 1.54 bits per heavy atom. The molecule has 2 unspecified atom stereocenters. The third-order valence-electron chi connectivity index (χ3n) is 1.90. The number of anilines is 1. The molecule has 72 valence electrons. The minimum atomic E-state index is -1.24. The van der Waals surface area contributed by atoms with E-state index in [9.17, 15) is 4.39 Å². The quantitative estimate of drug-likeness (QED) is 0.575. The van der Waals surface area contributed by atoms with Crippen molar-refractivity contribution in [3.63, 3.8) is 0 Å². The third-order valence-corrected chi connectivity index (χ3v) is 2.11. The van der Waals surface area contributed by atoms with Crippen molar-refractivity contribution in [3.8, 4) is 0 Å². The summed E-state index contributed by atoms with van der Waals surface area (Å²) in [7, 11) is 2.20. The number of hydrogen-bond acceptors (Lipinski definition) is 1. The number of halogens is 1. The zero-order chi connectivity index (χ0) is 10.1. The molecule has 0 spiro atoms. The van der Waals surface area contributed by atoms with Crippen LogP contribution in [-0.2, 0) is 6.42 Å². The molecule has 0 saturated carbocycles. The first kappa shape index (κ1) is 10.5. The van der Waals surface area contributed by atoms with E-state index in [0.29, 0.717) is 6.42 Å². The van der Waals surface area contributed by atoms with Crippen molar-refractivity contribution < 1.29 is 4.39 Å². The second-order valence-electron chi connectivity index (χ2n) is 3.64. The average molecular weight is 199 g/mol. The lowest BCUT2D eigenvalue weighted by atomic mass is 10.0. The molecular formula is C10H15FNP. The lowest BCUT2D eigenvalue weighted by molar-refractivity contribution is 0.313. The third kappa shape index (κ3) is 3.31. The minimum absolute atomic E-state index is 0.407. The molecule has 0 heterocycles. The maximum Gasteiger partial charge on any atom is 0.125 e. The van der Waals surface area contributed by atoms with Crippen LogP contribution in [0.15, 0.2) is 18.2 Å². The first-order valence-corrected chi connectivity index (χ1v) is 4.79. The van der Waals surface area contributed by atoms with Gasteiger partial charge in [-0.05, 0) is 37.1 Å². The molecule has 1 aromatic rings. The highest BCUT2D eigenvalue weighted by Crippen LogP contribution is 2.26. The molecule has 0 fully saturated rings. The zero-order valence-electron chi connectivity index (χ0n) is 7.97. The fourth-order valence-corrected chi connectivity index (χ4v) is 1.51. The van der Waals surface area contributed by atoms with Gasteiger partial charge in [-0.2, -0.15) is 0 Å². The van der Waals surface area contributed by atoms with Gasteiger partial charge < -0.3 is 5.73 Å². The van der Waals surface area contributed by atoms with Gasteiger partial charge in [0.25, 0.3) is 0 Å². The highest BCUT2D eigenvalue weighted by atomic mass is 31.0. The number of nitrogen functional groups attached to an aromatic ring is 1. The summed E-state index contributed by atoms with van der Waals surface area (Å²) in [4.78, 5) is 0. The lowest BCUT2D eigenvalue weighted by Crippen LogP contribution is -2.12. The van der Waals surface area contributed by atoms with Gasteiger partial charge in [0, 0.05) is 12.1 Å². The van der Waals surface area contributed by atoms with Crippen LogP contribution in [0.3, 0.4) is 0 Å². The van der Waals surface area contributed by atoms with Crippen LogP contribution in [0.2, 0.25) is 0 Å². The topological polar surface area (TPSA) is 26.0 Å². The van der Waals surface area contributed by atoms with Gasteiger partial charge in [0.2, 0.25) is 0 Å². The number of nitrogens with two attached hydrogens (primary N) is 1. The number of benzene rings is 1. The van der Waals surface area contributed by atoms with Gasteiger partial charge in [-0.15, -0.1) is 0 Å². The molecule has 2 N–H and O–H groups in total. The SMILES string of the molecule is Cc1cc(N)ccc1CC(C)(F)P. The van der Waals surface area contributed by atoms with Crippen LogP contribution < -0.4 is 5.73 Å². The highest BCUT2D eigenvalue weighted by molar-refractivity contribution is 7.18. The van der Waals surface area contributed by atoms with Crippen LogP contribution in [0, 0.1) is 6.92 Å². The Balaban J connectivity index is 2.90. The van der Waals surface area contributed by atoms with Crippen LogP contribution >= 0.6 is 9.24 Å². The van der Waals surface area contributed by atoms with Crippen molar-refractivity contribution in [2.45, 2.75) is 25.7 Å². The Hall–Kier alpha value is -0.620. The van der Waals surface area contributed by atoms with Gasteiger partial charge in [-0.3, -0.25) is 0 Å². The van der Waals surface area contributed by atoms with E-state index in [1.54, 1.807) is 13.0 Å². The molecule has 0 amide bonds. The molecule has 13 heavy (non-hydrogen) atoms. The van der Waals surface area contributed by atoms with Gasteiger partial charge in [-0.25, -0.2) is 4.39 Å². The summed E-state index contributed by atoms with van der Waals surface area (Å²) in [5.74, 6) is 0. The summed E-state index contributed by atoms with van der Waals surface area (Å²) in [6.07, 6.45) is 0.407. The Kier molecular flexibility index (Phi) is 2.92. The van der Waals surface area contributed by atoms with Crippen molar-refractivity contribution in [1.82, 2.24) is 0 Å². The van der Waals surface area contributed by atoms with Crippen molar-refractivity contribution in [1.29, 1.82) is 0 Å². The molecule has 0 saturated heterocycles. The molecule has 0 aromatic heterocycles. The van der Waals surface area contributed by atoms with E-state index >= 15 is 0 Å². The number of rotatable bonds is 2. The Labute approximate surface area is 80.7 Å². The summed E-state index contributed by atoms with van der Waals surface area (Å²) in [5.41, 5.74) is 8.38. The molecule has 0 aliphatic carbocycles. The highest BCUT2D eigenvalue weighted by Gasteiger charge is 2.17. The fourth-order valence-electron chi connectivity index (χ4n) is 1.29. The zero-order valence-corrected chi connectivity index (χ0v) is 9.13. The summed E-state index contributed by atoms with van der Waals surface area (Å²) >= 11 is 0. The Morgan fingerprint density at radius 3 is 2.62 bits per heavy atom. The van der Waals surface area contributed by atoms with E-state index < -0.39 is 5.41 Å². The normalized spacial score (nSPS) is 15.4. The minimum Gasteiger partial charge on any atom is -0.399 e. The largest absolute Gasteiger partial charge is 0.399 e. The molecule has 0 aliphatic rings. The predicted octanol–water partition coefficient (Wildman–Crippen LogP) is 2.68. The lowest BCUT2D eigenvalue weighted by Gasteiger charge is -2.15. The van der Waals surface area contributed by atoms with Crippen LogP contribution in [0.5, 0.6) is 0 Å². The smallest absolute Gasteiger partial charge is 0.125 e. The molecule has 3 heteroatoms. The first-order valence-electron chi connectivity index (χ1n) is 4.21. The van der Waals surface area contributed by atoms with Gasteiger partial charge >= 0.3 is 0 Å². The van der Waals surface area contributed by atoms with Crippen molar-refractivity contribution in [3.05, 3.63) is 29.3 Å². The number of hydrogen-bond donors (Lipinski definition) is 1. The van der Waals surface area contributed by atoms with Crippen molar-refractivity contribution >= 4 is 14.9 Å². The summed E-state index contributed by atoms with van der Waals surface area (Å²) in [6.45, 7) is 3.50. The predicted molar refractivity (Wildman–Crippen MR) is 58.5 cm³/mol. The molecule has 0 aliphatic heterocycles. The summed E-state index contributed by atoms with van der Waals surface area (Å²) in [6, 6.07) is 5.55. The average Bonchev–Trinajstić information content (AvgIpc) is 1.93.